The van der Waals surface area contributed by atoms with Crippen molar-refractivity contribution in [3.63, 3.8) is 0 Å². The lowest BCUT2D eigenvalue weighted by molar-refractivity contribution is -0.137. The first-order valence-corrected chi connectivity index (χ1v) is 27.9. The Balaban J connectivity index is -0.000000439. The van der Waals surface area contributed by atoms with Gasteiger partial charge >= 0.3 is 5.97 Å². The van der Waals surface area contributed by atoms with Gasteiger partial charge in [0.25, 0.3) is 0 Å². The van der Waals surface area contributed by atoms with Crippen LogP contribution in [0.25, 0.3) is 0 Å². The molecule has 0 aliphatic carbocycles. The molecule has 0 aliphatic rings. The van der Waals surface area contributed by atoms with Crippen LogP contribution in [0.1, 0.15) is 285 Å². The molecule has 0 aliphatic heterocycles. The van der Waals surface area contributed by atoms with Crippen molar-refractivity contribution in [1.29, 1.82) is 0 Å². The Labute approximate surface area is 426 Å². The van der Waals surface area contributed by atoms with E-state index in [-0.39, 0.29) is 11.1 Å². The van der Waals surface area contributed by atoms with E-state index in [1.54, 1.807) is 0 Å². The highest BCUT2D eigenvalue weighted by Gasteiger charge is 1.99. The largest absolute Gasteiger partial charge is 0.481 e. The van der Waals surface area contributed by atoms with E-state index >= 15 is 0 Å². The Morgan fingerprint density at radius 3 is 0.868 bits per heavy atom. The molecule has 0 radical (unpaired) electrons. The van der Waals surface area contributed by atoms with Crippen molar-refractivity contribution in [3.8, 4) is 71.0 Å². The molecule has 4 N–H and O–H groups in total. The molecule has 0 aromatic carbocycles. The maximum Gasteiger partial charge on any atom is 0.303 e. The summed E-state index contributed by atoms with van der Waals surface area (Å²) in [5, 5.41) is 11.1. The van der Waals surface area contributed by atoms with E-state index < -0.39 is 5.97 Å². The van der Waals surface area contributed by atoms with Gasteiger partial charge in [-0.05, 0) is 118 Å². The molecule has 0 fully saturated rings. The van der Waals surface area contributed by atoms with Crippen LogP contribution in [0.4, 0.5) is 0 Å². The minimum atomic E-state index is -0.690. The van der Waals surface area contributed by atoms with Gasteiger partial charge in [0.15, 0.2) is 0 Å². The summed E-state index contributed by atoms with van der Waals surface area (Å²) in [5.74, 6) is 35.8. The summed E-state index contributed by atoms with van der Waals surface area (Å²) in [7, 11) is 0. The van der Waals surface area contributed by atoms with Crippen molar-refractivity contribution in [2.24, 2.45) is 5.73 Å². The molecule has 0 saturated heterocycles. The van der Waals surface area contributed by atoms with Gasteiger partial charge in [-0.15, -0.1) is 0 Å². The lowest BCUT2D eigenvalue weighted by Crippen LogP contribution is -2.21. The monoisotopic (exact) mass is 961 g/mol. The van der Waals surface area contributed by atoms with Crippen molar-refractivity contribution in [2.45, 2.75) is 285 Å². The number of aliphatic carboxylic acids is 1. The number of halogens is 1. The van der Waals surface area contributed by atoms with Crippen LogP contribution in [0, 0.1) is 71.0 Å². The quantitative estimate of drug-likeness (QED) is 0.0326. The van der Waals surface area contributed by atoms with Crippen LogP contribution in [0.5, 0.6) is 0 Å². The number of amides is 1. The van der Waals surface area contributed by atoms with Crippen molar-refractivity contribution in [1.82, 2.24) is 5.32 Å². The number of rotatable bonds is 37. The van der Waals surface area contributed by atoms with Gasteiger partial charge in [0.1, 0.15) is 0 Å². The Bertz CT molecular complexity index is 1430. The molecule has 0 unspecified atom stereocenters. The number of carbonyl (C=O) groups excluding carboxylic acids is 2. The standard InChI is InChI=1S/C21H35NO.C19H29ClO.C19H30O2.C2H7N/c1-3-5-6-7-8-9-10-11-12-13-14-15-16-17-18-19-20-21(23)22-4-2;2*1-2-3-4-5-6-7-8-9-10-11-12-13-14-15-16-17-18-19(20)21;1-2-3/h3-9,14-20H2,1-2H3,(H,22,23);2-7,12-18H2,1H3;2-7,12-18H2,1H3,(H,20,21);2-3H2,1H3. The van der Waals surface area contributed by atoms with Gasteiger partial charge in [0.2, 0.25) is 11.1 Å². The van der Waals surface area contributed by atoms with E-state index in [0.29, 0.717) is 19.3 Å². The molecule has 0 bridgehead atoms. The van der Waals surface area contributed by atoms with Crippen LogP contribution in [0.15, 0.2) is 0 Å². The molecule has 386 valence electrons. The molecule has 7 heteroatoms. The van der Waals surface area contributed by atoms with Gasteiger partial charge in [0.05, 0.1) is 0 Å². The first kappa shape index (κ1) is 70.8. The Morgan fingerprint density at radius 1 is 0.382 bits per heavy atom. The number of carboxylic acids is 1. The van der Waals surface area contributed by atoms with Gasteiger partial charge in [-0.2, -0.15) is 0 Å². The van der Waals surface area contributed by atoms with E-state index in [2.05, 4.69) is 97.1 Å². The van der Waals surface area contributed by atoms with Crippen molar-refractivity contribution in [3.05, 3.63) is 0 Å². The predicted octanol–water partition coefficient (Wildman–Crippen LogP) is 16.2. The van der Waals surface area contributed by atoms with E-state index in [1.165, 1.54) is 116 Å². The lowest BCUT2D eigenvalue weighted by atomic mass is 10.1. The van der Waals surface area contributed by atoms with Crippen molar-refractivity contribution < 1.29 is 19.5 Å². The fraction of sp³-hybridized carbons (Fsp3) is 0.754. The third-order valence-corrected chi connectivity index (χ3v) is 10.6. The third-order valence-electron chi connectivity index (χ3n) is 10.4. The third kappa shape index (κ3) is 82.3. The molecule has 0 saturated carbocycles. The molecule has 0 aromatic rings. The molecule has 0 rings (SSSR count). The van der Waals surface area contributed by atoms with Crippen LogP contribution in [-0.4, -0.2) is 35.3 Å². The maximum atomic E-state index is 11.2. The molecule has 0 atom stereocenters. The molecule has 68 heavy (non-hydrogen) atoms. The lowest BCUT2D eigenvalue weighted by Gasteiger charge is -2.01. The second-order valence-electron chi connectivity index (χ2n) is 17.2. The second-order valence-corrected chi connectivity index (χ2v) is 17.6. The number of unbranched alkanes of at least 4 members (excludes halogenated alkanes) is 30. The van der Waals surface area contributed by atoms with Crippen LogP contribution in [-0.2, 0) is 14.4 Å². The zero-order valence-electron chi connectivity index (χ0n) is 44.6. The summed E-state index contributed by atoms with van der Waals surface area (Å²) in [5.41, 5.74) is 4.85. The Morgan fingerprint density at radius 2 is 0.618 bits per heavy atom. The Kier molecular flexibility index (Phi) is 72.6. The maximum absolute atomic E-state index is 11.2. The fourth-order valence-electron chi connectivity index (χ4n) is 6.43. The van der Waals surface area contributed by atoms with Gasteiger partial charge < -0.3 is 16.2 Å². The normalized spacial score (nSPS) is 9.28. The SMILES string of the molecule is CCCCCCCC#CC#CCCCCCCCC(=O)Cl.CCCCCCCC#CC#CCCCCCCCC(=O)NCC.CCCCCCCC#CC#CCCCCCCCC(=O)O.CCN. The zero-order chi connectivity index (χ0) is 50.9. The number of hydrogen-bond donors (Lipinski definition) is 3. The van der Waals surface area contributed by atoms with Crippen LogP contribution in [0.3, 0.4) is 0 Å². The van der Waals surface area contributed by atoms with E-state index in [1.807, 2.05) is 13.8 Å². The second kappa shape index (κ2) is 69.8. The fourth-order valence-corrected chi connectivity index (χ4v) is 6.57. The van der Waals surface area contributed by atoms with Gasteiger partial charge in [0, 0.05) is 64.3 Å². The number of carbonyl (C=O) groups is 3. The highest BCUT2D eigenvalue weighted by Crippen LogP contribution is 2.10. The molecular weight excluding hydrogens is 860 g/mol. The molecular formula is C61H101ClN2O4. The molecule has 6 nitrogen and oxygen atoms in total. The first-order chi connectivity index (χ1) is 33.3. The summed E-state index contributed by atoms with van der Waals surface area (Å²) < 4.78 is 0. The minimum absolute atomic E-state index is 0.183. The summed E-state index contributed by atoms with van der Waals surface area (Å²) >= 11 is 5.27. The van der Waals surface area contributed by atoms with Gasteiger partial charge in [-0.3, -0.25) is 14.4 Å². The molecule has 0 spiro atoms. The minimum Gasteiger partial charge on any atom is -0.481 e. The van der Waals surface area contributed by atoms with Gasteiger partial charge in [-0.25, -0.2) is 0 Å². The molecule has 0 aromatic heterocycles. The van der Waals surface area contributed by atoms with Crippen molar-refractivity contribution in [2.75, 3.05) is 13.1 Å². The first-order valence-electron chi connectivity index (χ1n) is 27.5. The number of hydrogen-bond acceptors (Lipinski definition) is 4. The zero-order valence-corrected chi connectivity index (χ0v) is 45.4. The summed E-state index contributed by atoms with van der Waals surface area (Å²) in [4.78, 5) is 32.1. The predicted molar refractivity (Wildman–Crippen MR) is 296 cm³/mol. The highest BCUT2D eigenvalue weighted by molar-refractivity contribution is 6.63. The summed E-state index contributed by atoms with van der Waals surface area (Å²) in [6.45, 7) is 12.0. The van der Waals surface area contributed by atoms with E-state index in [9.17, 15) is 14.4 Å². The summed E-state index contributed by atoms with van der Waals surface area (Å²) in [6, 6.07) is 0. The topological polar surface area (TPSA) is 109 Å². The van der Waals surface area contributed by atoms with E-state index in [0.717, 1.165) is 129 Å². The highest BCUT2D eigenvalue weighted by atomic mass is 35.5. The number of nitrogens with two attached hydrogens (primary N) is 1. The number of carboxylic acid groups (broad SMARTS) is 1. The molecule has 0 heterocycles. The van der Waals surface area contributed by atoms with Crippen molar-refractivity contribution >= 4 is 28.7 Å². The number of nitrogens with one attached hydrogen (secondary N) is 1. The average Bonchev–Trinajstić information content (AvgIpc) is 3.31. The molecule has 1 amide bonds. The van der Waals surface area contributed by atoms with Crippen LogP contribution < -0.4 is 11.1 Å². The van der Waals surface area contributed by atoms with Gasteiger partial charge in [-0.1, -0.05) is 198 Å². The van der Waals surface area contributed by atoms with E-state index in [4.69, 9.17) is 22.4 Å². The smallest absolute Gasteiger partial charge is 0.303 e. The van der Waals surface area contributed by atoms with Crippen LogP contribution >= 0.6 is 11.6 Å². The van der Waals surface area contributed by atoms with Crippen LogP contribution in [0.2, 0.25) is 0 Å². The summed E-state index contributed by atoms with van der Waals surface area (Å²) in [6.07, 6.45) is 42.9. The average molecular weight is 962 g/mol. The Hall–Kier alpha value is -3.78.